The number of aliphatic carboxylic acids is 1. The van der Waals surface area contributed by atoms with E-state index in [1.165, 1.54) is 12.1 Å². The van der Waals surface area contributed by atoms with Crippen molar-refractivity contribution in [2.45, 2.75) is 23.5 Å². The molecule has 10 N–H and O–H groups in total. The van der Waals surface area contributed by atoms with Crippen LogP contribution in [0.3, 0.4) is 0 Å². The summed E-state index contributed by atoms with van der Waals surface area (Å²) in [4.78, 5) is 24.5. The quantitative estimate of drug-likeness (QED) is 0.148. The van der Waals surface area contributed by atoms with Crippen LogP contribution in [0.4, 0.5) is 0 Å². The monoisotopic (exact) mass is 561 g/mol. The van der Waals surface area contributed by atoms with Gasteiger partial charge in [-0.2, -0.15) is 0 Å². The summed E-state index contributed by atoms with van der Waals surface area (Å²) < 4.78 is 11.7. The minimum absolute atomic E-state index is 0.0429. The number of carbonyl (C=O) groups is 2. The molecule has 4 rings (SSSR count). The summed E-state index contributed by atoms with van der Waals surface area (Å²) in [6.45, 7) is 0. The van der Waals surface area contributed by atoms with Crippen molar-refractivity contribution < 1.29 is 59.9 Å². The lowest BCUT2D eigenvalue weighted by molar-refractivity contribution is -0.137. The molecule has 0 saturated heterocycles. The number of benzene rings is 3. The van der Waals surface area contributed by atoms with Gasteiger partial charge in [0.15, 0.2) is 41.0 Å². The number of carboxylic acid groups (broad SMARTS) is 1. The highest BCUT2D eigenvalue weighted by Gasteiger charge is 2.45. The number of carbonyl (C=O) groups excluding carboxylic acids is 1. The predicted molar refractivity (Wildman–Crippen MR) is 134 cm³/mol. The van der Waals surface area contributed by atoms with Crippen LogP contribution in [0.25, 0.3) is 0 Å². The smallest absolute Gasteiger partial charge is 0.338 e. The van der Waals surface area contributed by atoms with Crippen LogP contribution >= 0.6 is 11.8 Å². The standard InChI is InChI=1S/C25H23NO12S/c26-12(24(34)35)8-39-23-19-15(30)6-11(27)7-18(19)37-21(9-1-2-13(28)14(29)3-9)22(23)38-25(36)10-4-16(31)20(33)17(32)5-10/h1-7,12,21-23,27-33H,8,26H2,(H,34,35)/t12-,21+,22-,23-/m0/s1. The SMILES string of the molecule is N[C@@H](CS[C@H]1c2c(O)cc(O)cc2O[C@H](c2ccc(O)c(O)c2)[C@@H]1OC(=O)c1cc(O)c(O)c(O)c1)C(=O)O. The van der Waals surface area contributed by atoms with Crippen LogP contribution in [-0.2, 0) is 9.53 Å². The summed E-state index contributed by atoms with van der Waals surface area (Å²) in [6, 6.07) is 6.17. The minimum Gasteiger partial charge on any atom is -0.508 e. The lowest BCUT2D eigenvalue weighted by Crippen LogP contribution is -2.39. The van der Waals surface area contributed by atoms with E-state index in [1.54, 1.807) is 0 Å². The first-order valence-electron chi connectivity index (χ1n) is 11.2. The van der Waals surface area contributed by atoms with E-state index in [4.69, 9.17) is 15.2 Å². The van der Waals surface area contributed by atoms with Crippen LogP contribution in [-0.4, -0.2) is 70.7 Å². The number of nitrogens with two attached hydrogens (primary N) is 1. The van der Waals surface area contributed by atoms with E-state index in [0.29, 0.717) is 0 Å². The van der Waals surface area contributed by atoms with Crippen molar-refractivity contribution in [2.24, 2.45) is 5.73 Å². The number of fused-ring (bicyclic) bond motifs is 1. The Bertz CT molecular complexity index is 1420. The maximum atomic E-state index is 13.2. The molecule has 3 aromatic carbocycles. The highest BCUT2D eigenvalue weighted by molar-refractivity contribution is 7.99. The normalized spacial score (nSPS) is 18.9. The number of aromatic hydroxyl groups is 7. The number of esters is 1. The molecule has 0 aliphatic carbocycles. The third kappa shape index (κ3) is 5.46. The molecule has 206 valence electrons. The topological polar surface area (TPSA) is 240 Å². The van der Waals surface area contributed by atoms with Crippen molar-refractivity contribution in [3.8, 4) is 46.0 Å². The van der Waals surface area contributed by atoms with Gasteiger partial charge in [0, 0.05) is 23.4 Å². The van der Waals surface area contributed by atoms with Gasteiger partial charge in [-0.1, -0.05) is 6.07 Å². The van der Waals surface area contributed by atoms with E-state index in [2.05, 4.69) is 0 Å². The van der Waals surface area contributed by atoms with Gasteiger partial charge in [0.05, 0.1) is 16.4 Å². The molecule has 1 aliphatic heterocycles. The van der Waals surface area contributed by atoms with Gasteiger partial charge in [-0.05, 0) is 24.3 Å². The molecule has 4 atom stereocenters. The summed E-state index contributed by atoms with van der Waals surface area (Å²) in [5.74, 6) is -6.97. The van der Waals surface area contributed by atoms with Gasteiger partial charge in [0.1, 0.15) is 23.3 Å². The molecule has 0 saturated carbocycles. The Morgan fingerprint density at radius 3 is 2.18 bits per heavy atom. The summed E-state index contributed by atoms with van der Waals surface area (Å²) in [7, 11) is 0. The highest BCUT2D eigenvalue weighted by Crippen LogP contribution is 2.54. The van der Waals surface area contributed by atoms with Crippen molar-refractivity contribution in [1.82, 2.24) is 0 Å². The Hall–Kier alpha value is -4.69. The molecule has 3 aromatic rings. The molecular weight excluding hydrogens is 538 g/mol. The molecule has 0 fully saturated rings. The Labute approximate surface area is 223 Å². The third-order valence-electron chi connectivity index (χ3n) is 5.89. The number of phenolic OH excluding ortho intramolecular Hbond substituents is 7. The number of rotatable bonds is 7. The first-order chi connectivity index (χ1) is 18.4. The van der Waals surface area contributed by atoms with E-state index < -0.39 is 69.9 Å². The van der Waals surface area contributed by atoms with Crippen LogP contribution in [0, 0.1) is 0 Å². The fourth-order valence-electron chi connectivity index (χ4n) is 3.98. The van der Waals surface area contributed by atoms with E-state index in [0.717, 1.165) is 42.1 Å². The van der Waals surface area contributed by atoms with Gasteiger partial charge in [0.25, 0.3) is 0 Å². The molecule has 1 heterocycles. The van der Waals surface area contributed by atoms with Crippen molar-refractivity contribution in [3.05, 3.63) is 59.2 Å². The molecule has 0 radical (unpaired) electrons. The second-order valence-corrected chi connectivity index (χ2v) is 9.77. The van der Waals surface area contributed by atoms with Gasteiger partial charge < -0.3 is 56.1 Å². The average Bonchev–Trinajstić information content (AvgIpc) is 2.87. The van der Waals surface area contributed by atoms with Crippen LogP contribution in [0.5, 0.6) is 46.0 Å². The highest BCUT2D eigenvalue weighted by atomic mass is 32.2. The van der Waals surface area contributed by atoms with Crippen molar-refractivity contribution in [3.63, 3.8) is 0 Å². The van der Waals surface area contributed by atoms with Crippen LogP contribution in [0.2, 0.25) is 0 Å². The predicted octanol–water partition coefficient (Wildman–Crippen LogP) is 2.17. The van der Waals surface area contributed by atoms with Gasteiger partial charge >= 0.3 is 11.9 Å². The van der Waals surface area contributed by atoms with Crippen molar-refractivity contribution in [1.29, 1.82) is 0 Å². The fraction of sp³-hybridized carbons (Fsp3) is 0.200. The average molecular weight is 562 g/mol. The Balaban J connectivity index is 1.84. The van der Waals surface area contributed by atoms with E-state index in [-0.39, 0.29) is 33.9 Å². The molecule has 39 heavy (non-hydrogen) atoms. The van der Waals surface area contributed by atoms with Gasteiger partial charge in [-0.3, -0.25) is 4.79 Å². The third-order valence-corrected chi connectivity index (χ3v) is 7.30. The zero-order valence-electron chi connectivity index (χ0n) is 19.8. The lowest BCUT2D eigenvalue weighted by atomic mass is 9.93. The van der Waals surface area contributed by atoms with Crippen LogP contribution in [0.15, 0.2) is 42.5 Å². The molecule has 0 bridgehead atoms. The Morgan fingerprint density at radius 1 is 0.897 bits per heavy atom. The van der Waals surface area contributed by atoms with Crippen LogP contribution in [0.1, 0.15) is 32.8 Å². The summed E-state index contributed by atoms with van der Waals surface area (Å²) in [5.41, 5.74) is 5.53. The number of ether oxygens (including phenoxy) is 2. The summed E-state index contributed by atoms with van der Waals surface area (Å²) in [6.07, 6.45) is -2.64. The molecule has 0 amide bonds. The Morgan fingerprint density at radius 2 is 1.56 bits per heavy atom. The van der Waals surface area contributed by atoms with E-state index >= 15 is 0 Å². The zero-order valence-corrected chi connectivity index (χ0v) is 20.6. The Kier molecular flexibility index (Phi) is 7.42. The largest absolute Gasteiger partial charge is 0.508 e. The lowest BCUT2D eigenvalue weighted by Gasteiger charge is -2.39. The molecule has 0 spiro atoms. The van der Waals surface area contributed by atoms with Gasteiger partial charge in [0.2, 0.25) is 0 Å². The molecule has 13 nitrogen and oxygen atoms in total. The first kappa shape index (κ1) is 27.3. The molecule has 1 aliphatic rings. The molecular formula is C25H23NO12S. The van der Waals surface area contributed by atoms with Crippen molar-refractivity contribution >= 4 is 23.7 Å². The summed E-state index contributed by atoms with van der Waals surface area (Å²) >= 11 is 0.901. The maximum absolute atomic E-state index is 13.2. The van der Waals surface area contributed by atoms with Gasteiger partial charge in [-0.15, -0.1) is 11.8 Å². The summed E-state index contributed by atoms with van der Waals surface area (Å²) in [5, 5.41) is 78.1. The second-order valence-electron chi connectivity index (χ2n) is 8.60. The van der Waals surface area contributed by atoms with E-state index in [1.807, 2.05) is 0 Å². The number of hydrogen-bond acceptors (Lipinski definition) is 13. The number of hydrogen-bond donors (Lipinski definition) is 9. The van der Waals surface area contributed by atoms with Crippen LogP contribution < -0.4 is 10.5 Å². The molecule has 0 unspecified atom stereocenters. The van der Waals surface area contributed by atoms with E-state index in [9.17, 15) is 50.4 Å². The number of thioether (sulfide) groups is 1. The number of phenols is 7. The zero-order chi connectivity index (χ0) is 28.6. The fourth-order valence-corrected chi connectivity index (χ4v) is 5.33. The second kappa shape index (κ2) is 10.6. The first-order valence-corrected chi connectivity index (χ1v) is 12.2. The number of carboxylic acids is 1. The molecule has 0 aromatic heterocycles. The maximum Gasteiger partial charge on any atom is 0.338 e. The van der Waals surface area contributed by atoms with Gasteiger partial charge in [-0.25, -0.2) is 4.79 Å². The molecule has 14 heteroatoms. The van der Waals surface area contributed by atoms with Crippen molar-refractivity contribution in [2.75, 3.05) is 5.75 Å². The minimum atomic E-state index is -1.38.